The first kappa shape index (κ1) is 14.9. The van der Waals surface area contributed by atoms with Crippen LogP contribution in [0.25, 0.3) is 0 Å². The van der Waals surface area contributed by atoms with E-state index in [4.69, 9.17) is 0 Å². The monoisotopic (exact) mass is 275 g/mol. The summed E-state index contributed by atoms with van der Waals surface area (Å²) >= 11 is 0. The van der Waals surface area contributed by atoms with Gasteiger partial charge >= 0.3 is 0 Å². The Bertz CT molecular complexity index is 487. The van der Waals surface area contributed by atoms with Crippen LogP contribution in [0.3, 0.4) is 0 Å². The van der Waals surface area contributed by atoms with E-state index in [1.165, 1.54) is 0 Å². The summed E-state index contributed by atoms with van der Waals surface area (Å²) in [4.78, 5) is 16.8. The molecule has 0 saturated carbocycles. The first-order chi connectivity index (χ1) is 9.54. The third-order valence-corrected chi connectivity index (χ3v) is 4.01. The van der Waals surface area contributed by atoms with Crippen molar-refractivity contribution < 1.29 is 4.79 Å². The Kier molecular flexibility index (Phi) is 4.65. The molecular weight excluding hydrogens is 250 g/mol. The number of benzene rings is 1. The van der Waals surface area contributed by atoms with Gasteiger partial charge in [-0.2, -0.15) is 0 Å². The van der Waals surface area contributed by atoms with Crippen LogP contribution in [0.15, 0.2) is 18.2 Å². The first-order valence-corrected chi connectivity index (χ1v) is 7.36. The zero-order chi connectivity index (χ0) is 14.7. The van der Waals surface area contributed by atoms with Crippen molar-refractivity contribution in [3.8, 4) is 0 Å². The van der Waals surface area contributed by atoms with E-state index >= 15 is 0 Å². The van der Waals surface area contributed by atoms with E-state index in [1.54, 1.807) is 0 Å². The molecule has 1 amide bonds. The number of rotatable bonds is 5. The number of carbonyl (C=O) groups is 1. The lowest BCUT2D eigenvalue weighted by atomic mass is 10.0. The predicted octanol–water partition coefficient (Wildman–Crippen LogP) is 2.23. The van der Waals surface area contributed by atoms with Gasteiger partial charge in [0.1, 0.15) is 6.17 Å². The van der Waals surface area contributed by atoms with Crippen molar-refractivity contribution >= 4 is 11.6 Å². The second-order valence-electron chi connectivity index (χ2n) is 5.66. The van der Waals surface area contributed by atoms with Gasteiger partial charge in [0.05, 0.1) is 11.3 Å². The summed E-state index contributed by atoms with van der Waals surface area (Å²) in [5.74, 6) is 0.0549. The predicted molar refractivity (Wildman–Crippen MR) is 83.2 cm³/mol. The Morgan fingerprint density at radius 1 is 1.35 bits per heavy atom. The second-order valence-corrected chi connectivity index (χ2v) is 5.66. The standard InChI is InChI=1S/C16H25N3O/c1-5-10-18(3)11-9-14-17-16(20)15-12(2)7-6-8-13(15)19(14)4/h6-8,14H,5,9-11H2,1-4H3,(H,17,20). The molecule has 4 heteroatoms. The molecule has 20 heavy (non-hydrogen) atoms. The third kappa shape index (κ3) is 2.96. The molecule has 1 aliphatic heterocycles. The maximum absolute atomic E-state index is 12.3. The zero-order valence-electron chi connectivity index (χ0n) is 12.9. The summed E-state index contributed by atoms with van der Waals surface area (Å²) in [6.45, 7) is 6.26. The molecule has 1 atom stereocenters. The van der Waals surface area contributed by atoms with E-state index in [9.17, 15) is 4.79 Å². The zero-order valence-corrected chi connectivity index (χ0v) is 12.9. The molecule has 1 aromatic rings. The minimum Gasteiger partial charge on any atom is -0.354 e. The lowest BCUT2D eigenvalue weighted by Gasteiger charge is -2.37. The van der Waals surface area contributed by atoms with E-state index in [0.29, 0.717) is 0 Å². The molecule has 1 heterocycles. The van der Waals surface area contributed by atoms with Gasteiger partial charge in [-0.1, -0.05) is 19.1 Å². The SMILES string of the molecule is CCCN(C)CCC1NC(=O)c2c(C)cccc2N1C. The molecule has 1 aliphatic rings. The van der Waals surface area contributed by atoms with E-state index in [1.807, 2.05) is 25.1 Å². The summed E-state index contributed by atoms with van der Waals surface area (Å²) in [7, 11) is 4.19. The van der Waals surface area contributed by atoms with Gasteiger partial charge in [-0.15, -0.1) is 0 Å². The van der Waals surface area contributed by atoms with Crippen LogP contribution >= 0.6 is 0 Å². The number of amides is 1. The molecule has 1 aromatic carbocycles. The van der Waals surface area contributed by atoms with Crippen molar-refractivity contribution in [1.82, 2.24) is 10.2 Å². The quantitative estimate of drug-likeness (QED) is 0.895. The average molecular weight is 275 g/mol. The minimum absolute atomic E-state index is 0.0549. The lowest BCUT2D eigenvalue weighted by molar-refractivity contribution is 0.0922. The van der Waals surface area contributed by atoms with E-state index in [-0.39, 0.29) is 12.1 Å². The van der Waals surface area contributed by atoms with Gasteiger partial charge in [0.2, 0.25) is 0 Å². The highest BCUT2D eigenvalue weighted by Gasteiger charge is 2.29. The van der Waals surface area contributed by atoms with Crippen LogP contribution in [0.5, 0.6) is 0 Å². The highest BCUT2D eigenvalue weighted by molar-refractivity contribution is 6.03. The number of anilines is 1. The van der Waals surface area contributed by atoms with Crippen LogP contribution in [-0.4, -0.2) is 44.2 Å². The summed E-state index contributed by atoms with van der Waals surface area (Å²) in [6.07, 6.45) is 2.17. The molecule has 2 rings (SSSR count). The Balaban J connectivity index is 2.10. The fourth-order valence-corrected chi connectivity index (χ4v) is 2.83. The van der Waals surface area contributed by atoms with E-state index in [0.717, 1.165) is 42.7 Å². The van der Waals surface area contributed by atoms with Crippen LogP contribution in [0, 0.1) is 6.92 Å². The number of nitrogens with one attached hydrogen (secondary N) is 1. The molecule has 0 fully saturated rings. The van der Waals surface area contributed by atoms with Gasteiger partial charge in [0.15, 0.2) is 0 Å². The normalized spacial score (nSPS) is 18.1. The number of nitrogens with zero attached hydrogens (tertiary/aromatic N) is 2. The second kappa shape index (κ2) is 6.27. The summed E-state index contributed by atoms with van der Waals surface area (Å²) in [5.41, 5.74) is 2.89. The van der Waals surface area contributed by atoms with Crippen molar-refractivity contribution in [3.63, 3.8) is 0 Å². The van der Waals surface area contributed by atoms with Crippen molar-refractivity contribution in [2.45, 2.75) is 32.9 Å². The van der Waals surface area contributed by atoms with Crippen molar-refractivity contribution in [2.24, 2.45) is 0 Å². The van der Waals surface area contributed by atoms with E-state index in [2.05, 4.69) is 36.1 Å². The number of aryl methyl sites for hydroxylation is 1. The Hall–Kier alpha value is -1.55. The van der Waals surface area contributed by atoms with Gasteiger partial charge in [-0.3, -0.25) is 4.79 Å². The first-order valence-electron chi connectivity index (χ1n) is 7.36. The Morgan fingerprint density at radius 2 is 2.10 bits per heavy atom. The topological polar surface area (TPSA) is 35.6 Å². The fourth-order valence-electron chi connectivity index (χ4n) is 2.83. The van der Waals surface area contributed by atoms with Crippen LogP contribution in [0.4, 0.5) is 5.69 Å². The molecular formula is C16H25N3O. The van der Waals surface area contributed by atoms with Gasteiger partial charge in [0.25, 0.3) is 5.91 Å². The summed E-state index contributed by atoms with van der Waals surface area (Å²) in [5, 5.41) is 3.12. The van der Waals surface area contributed by atoms with Crippen molar-refractivity contribution in [1.29, 1.82) is 0 Å². The van der Waals surface area contributed by atoms with Crippen molar-refractivity contribution in [2.75, 3.05) is 32.1 Å². The highest BCUT2D eigenvalue weighted by atomic mass is 16.2. The number of carbonyl (C=O) groups excluding carboxylic acids is 1. The molecule has 1 N–H and O–H groups in total. The Labute approximate surface area is 121 Å². The molecule has 0 saturated heterocycles. The van der Waals surface area contributed by atoms with Crippen LogP contribution in [0.1, 0.15) is 35.7 Å². The molecule has 0 radical (unpaired) electrons. The maximum atomic E-state index is 12.3. The smallest absolute Gasteiger partial charge is 0.255 e. The Morgan fingerprint density at radius 3 is 2.80 bits per heavy atom. The van der Waals surface area contributed by atoms with Gasteiger partial charge in [-0.05, 0) is 45.0 Å². The molecule has 110 valence electrons. The molecule has 4 nitrogen and oxygen atoms in total. The van der Waals surface area contributed by atoms with Crippen LogP contribution in [-0.2, 0) is 0 Å². The highest BCUT2D eigenvalue weighted by Crippen LogP contribution is 2.28. The molecule has 0 aromatic heterocycles. The number of hydrogen-bond donors (Lipinski definition) is 1. The van der Waals surface area contributed by atoms with Gasteiger partial charge < -0.3 is 15.1 Å². The molecule has 0 spiro atoms. The molecule has 0 bridgehead atoms. The fraction of sp³-hybridized carbons (Fsp3) is 0.562. The number of hydrogen-bond acceptors (Lipinski definition) is 3. The van der Waals surface area contributed by atoms with E-state index < -0.39 is 0 Å². The number of fused-ring (bicyclic) bond motifs is 1. The molecule has 1 unspecified atom stereocenters. The van der Waals surface area contributed by atoms with Crippen LogP contribution in [0.2, 0.25) is 0 Å². The third-order valence-electron chi connectivity index (χ3n) is 4.01. The van der Waals surface area contributed by atoms with Crippen LogP contribution < -0.4 is 10.2 Å². The summed E-state index contributed by atoms with van der Waals surface area (Å²) in [6, 6.07) is 6.04. The average Bonchev–Trinajstić information content (AvgIpc) is 2.41. The lowest BCUT2D eigenvalue weighted by Crippen LogP contribution is -2.52. The van der Waals surface area contributed by atoms with Crippen molar-refractivity contribution in [3.05, 3.63) is 29.3 Å². The summed E-state index contributed by atoms with van der Waals surface area (Å²) < 4.78 is 0. The molecule has 0 aliphatic carbocycles. The minimum atomic E-state index is 0.0549. The van der Waals surface area contributed by atoms with Gasteiger partial charge in [0, 0.05) is 13.6 Å². The van der Waals surface area contributed by atoms with Gasteiger partial charge in [-0.25, -0.2) is 0 Å². The maximum Gasteiger partial charge on any atom is 0.255 e. The largest absolute Gasteiger partial charge is 0.354 e.